The number of carbonyl (C=O) groups excluding carboxylic acids is 1. The summed E-state index contributed by atoms with van der Waals surface area (Å²) in [5, 5.41) is 3.01. The second kappa shape index (κ2) is 7.47. The van der Waals surface area contributed by atoms with E-state index >= 15 is 0 Å². The summed E-state index contributed by atoms with van der Waals surface area (Å²) in [5.41, 5.74) is 5.58. The zero-order valence-electron chi connectivity index (χ0n) is 15.9. The van der Waals surface area contributed by atoms with Gasteiger partial charge in [-0.25, -0.2) is 4.39 Å². The van der Waals surface area contributed by atoms with E-state index in [9.17, 15) is 13.4 Å². The van der Waals surface area contributed by atoms with Crippen LogP contribution in [0.15, 0.2) is 52.9 Å². The Labute approximate surface area is 166 Å². The predicted octanol–water partition coefficient (Wildman–Crippen LogP) is 4.56. The van der Waals surface area contributed by atoms with Gasteiger partial charge in [0.05, 0.1) is 6.42 Å². The molecule has 1 saturated carbocycles. The third kappa shape index (κ3) is 3.85. The summed E-state index contributed by atoms with van der Waals surface area (Å²) in [4.78, 5) is 13.1. The maximum absolute atomic E-state index is 13.9. The number of allylic oxidation sites excluding steroid dienone is 2. The minimum absolute atomic E-state index is 0.0110. The third-order valence-electron chi connectivity index (χ3n) is 5.26. The third-order valence-corrected chi connectivity index (χ3v) is 6.19. The predicted molar refractivity (Wildman–Crippen MR) is 111 cm³/mol. The molecule has 2 aromatic carbocycles. The molecule has 0 heterocycles. The van der Waals surface area contributed by atoms with Gasteiger partial charge in [0.25, 0.3) is 0 Å². The van der Waals surface area contributed by atoms with Crippen LogP contribution >= 0.6 is 0 Å². The Kier molecular flexibility index (Phi) is 5.02. The van der Waals surface area contributed by atoms with Gasteiger partial charge in [-0.3, -0.25) is 9.00 Å². The molecule has 0 saturated heterocycles. The fourth-order valence-electron chi connectivity index (χ4n) is 3.57. The Morgan fingerprint density at radius 2 is 1.89 bits per heavy atom. The van der Waals surface area contributed by atoms with Gasteiger partial charge in [0.1, 0.15) is 5.82 Å². The standard InChI is InChI=1S/C23H22FNO2S/c1-14-20(11-15-3-8-18(9-4-15)28(2)27)19-10-5-16(24)12-22(19)21(14)13-23(26)25-17-6-7-17/h3-5,8-12,17H,6-7,13H2,1-2H3,(H,25,26)/b20-11+/t28-/m1/s1. The van der Waals surface area contributed by atoms with Gasteiger partial charge in [-0.2, -0.15) is 0 Å². The Morgan fingerprint density at radius 3 is 2.54 bits per heavy atom. The Bertz CT molecular complexity index is 1030. The lowest BCUT2D eigenvalue weighted by molar-refractivity contribution is -0.120. The molecular formula is C23H22FNO2S. The molecule has 2 aliphatic carbocycles. The average Bonchev–Trinajstić information content (AvgIpc) is 3.44. The highest BCUT2D eigenvalue weighted by Crippen LogP contribution is 2.44. The van der Waals surface area contributed by atoms with Gasteiger partial charge in [-0.05, 0) is 83.5 Å². The molecule has 0 aliphatic heterocycles. The van der Waals surface area contributed by atoms with Crippen LogP contribution in [0.2, 0.25) is 0 Å². The number of benzene rings is 2. The van der Waals surface area contributed by atoms with Crippen LogP contribution in [0.3, 0.4) is 0 Å². The summed E-state index contributed by atoms with van der Waals surface area (Å²) < 4.78 is 25.5. The molecule has 0 unspecified atom stereocenters. The molecule has 0 bridgehead atoms. The second-order valence-corrected chi connectivity index (χ2v) is 8.77. The molecule has 28 heavy (non-hydrogen) atoms. The fourth-order valence-corrected chi connectivity index (χ4v) is 4.09. The lowest BCUT2D eigenvalue weighted by Crippen LogP contribution is -2.25. The van der Waals surface area contributed by atoms with Crippen molar-refractivity contribution in [1.82, 2.24) is 5.32 Å². The molecule has 1 amide bonds. The van der Waals surface area contributed by atoms with Gasteiger partial charge in [-0.1, -0.05) is 18.2 Å². The molecule has 3 nitrogen and oxygen atoms in total. The van der Waals surface area contributed by atoms with Crippen molar-refractivity contribution in [3.05, 3.63) is 70.5 Å². The summed E-state index contributed by atoms with van der Waals surface area (Å²) in [6.07, 6.45) is 6.03. The van der Waals surface area contributed by atoms with E-state index < -0.39 is 10.8 Å². The Hall–Kier alpha value is -2.53. The van der Waals surface area contributed by atoms with Gasteiger partial charge < -0.3 is 5.32 Å². The van der Waals surface area contributed by atoms with Crippen LogP contribution < -0.4 is 5.32 Å². The Morgan fingerprint density at radius 1 is 1.18 bits per heavy atom. The van der Waals surface area contributed by atoms with Crippen LogP contribution in [0, 0.1) is 5.82 Å². The quantitative estimate of drug-likeness (QED) is 0.807. The SMILES string of the molecule is CC1=C(CC(=O)NC2CC2)c2cc(F)ccc2/C1=C/c1ccc([S@@](C)=O)cc1. The van der Waals surface area contributed by atoms with Gasteiger partial charge in [0.2, 0.25) is 5.91 Å². The Balaban J connectivity index is 1.71. The smallest absolute Gasteiger partial charge is 0.224 e. The molecule has 1 N–H and O–H groups in total. The van der Waals surface area contributed by atoms with Crippen LogP contribution in [0.4, 0.5) is 4.39 Å². The summed E-state index contributed by atoms with van der Waals surface area (Å²) in [6, 6.07) is 12.6. The summed E-state index contributed by atoms with van der Waals surface area (Å²) in [5.74, 6) is -0.314. The fraction of sp³-hybridized carbons (Fsp3) is 0.261. The van der Waals surface area contributed by atoms with E-state index in [0.29, 0.717) is 6.04 Å². The van der Waals surface area contributed by atoms with Crippen LogP contribution in [0.25, 0.3) is 17.2 Å². The maximum atomic E-state index is 13.9. The van der Waals surface area contributed by atoms with Crippen molar-refractivity contribution >= 4 is 33.9 Å². The first-order valence-corrected chi connectivity index (χ1v) is 10.9. The molecule has 1 fully saturated rings. The minimum Gasteiger partial charge on any atom is -0.353 e. The van der Waals surface area contributed by atoms with Crippen LogP contribution in [0.5, 0.6) is 0 Å². The number of fused-ring (bicyclic) bond motifs is 1. The molecule has 2 aromatic rings. The van der Waals surface area contributed by atoms with Gasteiger partial charge in [0.15, 0.2) is 0 Å². The minimum atomic E-state index is -1.02. The summed E-state index contributed by atoms with van der Waals surface area (Å²) in [7, 11) is -1.02. The highest BCUT2D eigenvalue weighted by atomic mass is 32.2. The zero-order valence-corrected chi connectivity index (χ0v) is 16.7. The second-order valence-electron chi connectivity index (χ2n) is 7.39. The van der Waals surface area contributed by atoms with E-state index in [0.717, 1.165) is 51.1 Å². The van der Waals surface area contributed by atoms with Gasteiger partial charge >= 0.3 is 0 Å². The maximum Gasteiger partial charge on any atom is 0.224 e. The number of rotatable bonds is 5. The van der Waals surface area contributed by atoms with Crippen molar-refractivity contribution in [3.8, 4) is 0 Å². The van der Waals surface area contributed by atoms with Crippen LogP contribution in [-0.4, -0.2) is 22.4 Å². The summed E-state index contributed by atoms with van der Waals surface area (Å²) in [6.45, 7) is 1.99. The molecule has 0 radical (unpaired) electrons. The average molecular weight is 395 g/mol. The summed E-state index contributed by atoms with van der Waals surface area (Å²) >= 11 is 0. The highest BCUT2D eigenvalue weighted by Gasteiger charge is 2.28. The number of carbonyl (C=O) groups is 1. The zero-order chi connectivity index (χ0) is 19.8. The lowest BCUT2D eigenvalue weighted by atomic mass is 10.0. The van der Waals surface area contributed by atoms with E-state index in [-0.39, 0.29) is 18.1 Å². The van der Waals surface area contributed by atoms with E-state index in [1.54, 1.807) is 12.3 Å². The van der Waals surface area contributed by atoms with Crippen LogP contribution in [-0.2, 0) is 15.6 Å². The van der Waals surface area contributed by atoms with Gasteiger partial charge in [0, 0.05) is 28.0 Å². The monoisotopic (exact) mass is 395 g/mol. The molecule has 4 rings (SSSR count). The molecule has 1 atom stereocenters. The highest BCUT2D eigenvalue weighted by molar-refractivity contribution is 7.84. The molecule has 144 valence electrons. The van der Waals surface area contributed by atoms with E-state index in [2.05, 4.69) is 5.32 Å². The normalized spacial score (nSPS) is 18.3. The number of halogens is 1. The lowest BCUT2D eigenvalue weighted by Gasteiger charge is -2.07. The van der Waals surface area contributed by atoms with E-state index in [1.807, 2.05) is 37.3 Å². The first kappa shape index (κ1) is 18.8. The number of hydrogen-bond acceptors (Lipinski definition) is 2. The number of hydrogen-bond donors (Lipinski definition) is 1. The largest absolute Gasteiger partial charge is 0.353 e. The topological polar surface area (TPSA) is 46.2 Å². The van der Waals surface area contributed by atoms with Crippen molar-refractivity contribution in [2.24, 2.45) is 0 Å². The molecule has 2 aliphatic rings. The number of amides is 1. The van der Waals surface area contributed by atoms with Crippen LogP contribution in [0.1, 0.15) is 42.9 Å². The van der Waals surface area contributed by atoms with E-state index in [4.69, 9.17) is 0 Å². The van der Waals surface area contributed by atoms with Crippen molar-refractivity contribution in [2.45, 2.75) is 37.1 Å². The first-order chi connectivity index (χ1) is 13.4. The van der Waals surface area contributed by atoms with Crippen molar-refractivity contribution in [1.29, 1.82) is 0 Å². The van der Waals surface area contributed by atoms with E-state index in [1.165, 1.54) is 12.1 Å². The molecule has 0 spiro atoms. The van der Waals surface area contributed by atoms with Gasteiger partial charge in [-0.15, -0.1) is 0 Å². The molecule has 0 aromatic heterocycles. The number of nitrogens with one attached hydrogen (secondary N) is 1. The van der Waals surface area contributed by atoms with Crippen molar-refractivity contribution in [3.63, 3.8) is 0 Å². The molecular weight excluding hydrogens is 373 g/mol. The van der Waals surface area contributed by atoms with Crippen molar-refractivity contribution in [2.75, 3.05) is 6.26 Å². The molecule has 5 heteroatoms. The van der Waals surface area contributed by atoms with Crippen molar-refractivity contribution < 1.29 is 13.4 Å². The first-order valence-electron chi connectivity index (χ1n) is 9.37.